The highest BCUT2D eigenvalue weighted by Crippen LogP contribution is 2.38. The van der Waals surface area contributed by atoms with Crippen molar-refractivity contribution in [3.8, 4) is 0 Å². The fourth-order valence-corrected chi connectivity index (χ4v) is 4.16. The van der Waals surface area contributed by atoms with Crippen LogP contribution in [0.4, 0.5) is 0 Å². The highest BCUT2D eigenvalue weighted by Gasteiger charge is 2.32. The second kappa shape index (κ2) is 7.27. The van der Waals surface area contributed by atoms with Gasteiger partial charge < -0.3 is 4.90 Å². The third kappa shape index (κ3) is 4.23. The number of hydrogen-bond acceptors (Lipinski definition) is 2. The fourth-order valence-electron chi connectivity index (χ4n) is 2.69. The van der Waals surface area contributed by atoms with E-state index in [4.69, 9.17) is 0 Å². The molecule has 0 aromatic heterocycles. The molecule has 1 saturated carbocycles. The van der Waals surface area contributed by atoms with Crippen molar-refractivity contribution in [2.75, 3.05) is 30.9 Å². The van der Waals surface area contributed by atoms with Gasteiger partial charge in [0.15, 0.2) is 0 Å². The number of hydrogen-bond donors (Lipinski definition) is 0. The molecule has 96 valence electrons. The van der Waals surface area contributed by atoms with Crippen LogP contribution >= 0.6 is 27.7 Å². The Morgan fingerprint density at radius 3 is 2.44 bits per heavy atom. The molecule has 0 aliphatic heterocycles. The van der Waals surface area contributed by atoms with Gasteiger partial charge in [0.25, 0.3) is 0 Å². The number of alkyl halides is 1. The molecular formula is C13H26BrNS. The lowest BCUT2D eigenvalue weighted by Crippen LogP contribution is -2.43. The van der Waals surface area contributed by atoms with Gasteiger partial charge >= 0.3 is 0 Å². The minimum absolute atomic E-state index is 0.555. The predicted octanol–water partition coefficient (Wildman–Crippen LogP) is 4.02. The molecule has 1 nitrogen and oxygen atoms in total. The molecule has 1 atom stereocenters. The summed E-state index contributed by atoms with van der Waals surface area (Å²) in [6.45, 7) is 3.61. The third-order valence-electron chi connectivity index (χ3n) is 3.94. The van der Waals surface area contributed by atoms with E-state index in [1.54, 1.807) is 0 Å². The summed E-state index contributed by atoms with van der Waals surface area (Å²) in [6, 6.07) is 0.702. The van der Waals surface area contributed by atoms with Crippen molar-refractivity contribution in [3.05, 3.63) is 0 Å². The first-order valence-corrected chi connectivity index (χ1v) is 8.90. The molecule has 0 aromatic carbocycles. The molecule has 1 fully saturated rings. The van der Waals surface area contributed by atoms with Gasteiger partial charge in [0.05, 0.1) is 0 Å². The summed E-state index contributed by atoms with van der Waals surface area (Å²) >= 11 is 5.71. The monoisotopic (exact) mass is 307 g/mol. The summed E-state index contributed by atoms with van der Waals surface area (Å²) in [6.07, 6.45) is 9.32. The van der Waals surface area contributed by atoms with Crippen molar-refractivity contribution in [2.24, 2.45) is 5.41 Å². The SMILES string of the molecule is CSCC(C)N(C)CC1(CBr)CCCCC1. The molecule has 1 rings (SSSR count). The summed E-state index contributed by atoms with van der Waals surface area (Å²) in [7, 11) is 2.29. The summed E-state index contributed by atoms with van der Waals surface area (Å²) in [5, 5.41) is 1.18. The largest absolute Gasteiger partial charge is 0.302 e. The van der Waals surface area contributed by atoms with Crippen molar-refractivity contribution in [3.63, 3.8) is 0 Å². The van der Waals surface area contributed by atoms with E-state index in [1.165, 1.54) is 49.7 Å². The van der Waals surface area contributed by atoms with E-state index in [9.17, 15) is 0 Å². The average molecular weight is 308 g/mol. The van der Waals surface area contributed by atoms with Crippen molar-refractivity contribution in [1.29, 1.82) is 0 Å². The summed E-state index contributed by atoms with van der Waals surface area (Å²) < 4.78 is 0. The maximum absolute atomic E-state index is 3.75. The van der Waals surface area contributed by atoms with E-state index in [0.717, 1.165) is 0 Å². The molecule has 0 spiro atoms. The van der Waals surface area contributed by atoms with E-state index >= 15 is 0 Å². The maximum Gasteiger partial charge on any atom is 0.0155 e. The molecule has 0 saturated heterocycles. The smallest absolute Gasteiger partial charge is 0.0155 e. The molecule has 1 aliphatic carbocycles. The van der Waals surface area contributed by atoms with E-state index < -0.39 is 0 Å². The minimum atomic E-state index is 0.555. The van der Waals surface area contributed by atoms with Crippen LogP contribution < -0.4 is 0 Å². The van der Waals surface area contributed by atoms with Crippen LogP contribution in [0.15, 0.2) is 0 Å². The molecule has 16 heavy (non-hydrogen) atoms. The number of thioether (sulfide) groups is 1. The van der Waals surface area contributed by atoms with Gasteiger partial charge in [0, 0.05) is 23.7 Å². The van der Waals surface area contributed by atoms with E-state index in [2.05, 4.69) is 41.1 Å². The Morgan fingerprint density at radius 1 is 1.31 bits per heavy atom. The standard InChI is InChI=1S/C13H26BrNS/c1-12(9-16-3)15(2)11-13(10-14)7-5-4-6-8-13/h12H,4-11H2,1-3H3. The Hall–Kier alpha value is 0.790. The second-order valence-corrected chi connectivity index (χ2v) is 6.89. The van der Waals surface area contributed by atoms with Crippen LogP contribution in [0.1, 0.15) is 39.0 Å². The molecule has 0 aromatic rings. The molecule has 3 heteroatoms. The first kappa shape index (κ1) is 14.8. The highest BCUT2D eigenvalue weighted by molar-refractivity contribution is 9.09. The van der Waals surface area contributed by atoms with E-state index in [-0.39, 0.29) is 0 Å². The summed E-state index contributed by atoms with van der Waals surface area (Å²) in [5.41, 5.74) is 0.555. The zero-order valence-electron chi connectivity index (χ0n) is 11.0. The minimum Gasteiger partial charge on any atom is -0.302 e. The second-order valence-electron chi connectivity index (χ2n) is 5.41. The van der Waals surface area contributed by atoms with E-state index in [0.29, 0.717) is 11.5 Å². The van der Waals surface area contributed by atoms with Gasteiger partial charge in [-0.1, -0.05) is 35.2 Å². The van der Waals surface area contributed by atoms with E-state index in [1.807, 2.05) is 11.8 Å². The molecular weight excluding hydrogens is 282 g/mol. The Bertz CT molecular complexity index is 192. The topological polar surface area (TPSA) is 3.24 Å². The average Bonchev–Trinajstić information content (AvgIpc) is 2.30. The van der Waals surface area contributed by atoms with Crippen LogP contribution in [-0.4, -0.2) is 41.9 Å². The van der Waals surface area contributed by atoms with Crippen LogP contribution in [-0.2, 0) is 0 Å². The first-order chi connectivity index (χ1) is 7.63. The van der Waals surface area contributed by atoms with Crippen molar-refractivity contribution in [1.82, 2.24) is 4.90 Å². The molecule has 0 N–H and O–H groups in total. The van der Waals surface area contributed by atoms with Crippen LogP contribution in [0.3, 0.4) is 0 Å². The van der Waals surface area contributed by atoms with Gasteiger partial charge in [-0.2, -0.15) is 11.8 Å². The third-order valence-corrected chi connectivity index (χ3v) is 5.95. The molecule has 0 amide bonds. The maximum atomic E-state index is 3.75. The van der Waals surface area contributed by atoms with Gasteiger partial charge in [-0.25, -0.2) is 0 Å². The van der Waals surface area contributed by atoms with Gasteiger partial charge in [-0.05, 0) is 38.5 Å². The zero-order chi connectivity index (χ0) is 12.0. The van der Waals surface area contributed by atoms with Gasteiger partial charge in [-0.15, -0.1) is 0 Å². The fraction of sp³-hybridized carbons (Fsp3) is 1.00. The Morgan fingerprint density at radius 2 is 1.94 bits per heavy atom. The zero-order valence-corrected chi connectivity index (χ0v) is 13.4. The normalized spacial score (nSPS) is 22.3. The number of rotatable bonds is 6. The van der Waals surface area contributed by atoms with Crippen molar-refractivity contribution < 1.29 is 0 Å². The summed E-state index contributed by atoms with van der Waals surface area (Å²) in [5.74, 6) is 1.24. The lowest BCUT2D eigenvalue weighted by Gasteiger charge is -2.40. The highest BCUT2D eigenvalue weighted by atomic mass is 79.9. The first-order valence-electron chi connectivity index (χ1n) is 6.39. The molecule has 1 unspecified atom stereocenters. The predicted molar refractivity (Wildman–Crippen MR) is 79.8 cm³/mol. The van der Waals surface area contributed by atoms with Crippen molar-refractivity contribution >= 4 is 27.7 Å². The Labute approximate surface area is 114 Å². The molecule has 0 heterocycles. The van der Waals surface area contributed by atoms with Gasteiger partial charge in [0.2, 0.25) is 0 Å². The Balaban J connectivity index is 2.48. The van der Waals surface area contributed by atoms with Crippen LogP contribution in [0.25, 0.3) is 0 Å². The molecule has 1 aliphatic rings. The summed E-state index contributed by atoms with van der Waals surface area (Å²) in [4.78, 5) is 2.56. The Kier molecular flexibility index (Phi) is 6.75. The van der Waals surface area contributed by atoms with Gasteiger partial charge in [-0.3, -0.25) is 0 Å². The lowest BCUT2D eigenvalue weighted by molar-refractivity contribution is 0.127. The van der Waals surface area contributed by atoms with Crippen LogP contribution in [0, 0.1) is 5.41 Å². The molecule has 0 bridgehead atoms. The quantitative estimate of drug-likeness (QED) is 0.682. The number of halogens is 1. The van der Waals surface area contributed by atoms with Gasteiger partial charge in [0.1, 0.15) is 0 Å². The lowest BCUT2D eigenvalue weighted by atomic mass is 9.75. The van der Waals surface area contributed by atoms with Crippen LogP contribution in [0.2, 0.25) is 0 Å². The number of nitrogens with zero attached hydrogens (tertiary/aromatic N) is 1. The van der Waals surface area contributed by atoms with Crippen LogP contribution in [0.5, 0.6) is 0 Å². The van der Waals surface area contributed by atoms with Crippen molar-refractivity contribution in [2.45, 2.75) is 45.1 Å². The molecule has 0 radical (unpaired) electrons.